The van der Waals surface area contributed by atoms with Gasteiger partial charge in [0.05, 0.1) is 22.5 Å². The largest absolute Gasteiger partial charge is 0.507 e. The Hall–Kier alpha value is -3.19. The van der Waals surface area contributed by atoms with Crippen molar-refractivity contribution in [2.24, 2.45) is 0 Å². The number of hydrogen-bond donors (Lipinski definition) is 1. The maximum absolute atomic E-state index is 13.1. The lowest BCUT2D eigenvalue weighted by Gasteiger charge is -2.35. The van der Waals surface area contributed by atoms with Gasteiger partial charge >= 0.3 is 0 Å². The average Bonchev–Trinajstić information content (AvgIpc) is 2.78. The molecule has 2 aromatic carbocycles. The summed E-state index contributed by atoms with van der Waals surface area (Å²) in [6.45, 7) is 3.55. The zero-order valence-electron chi connectivity index (χ0n) is 17.1. The molecule has 0 unspecified atom stereocenters. The summed E-state index contributed by atoms with van der Waals surface area (Å²) in [5, 5.41) is 9.93. The summed E-state index contributed by atoms with van der Waals surface area (Å²) in [7, 11) is 0. The summed E-state index contributed by atoms with van der Waals surface area (Å²) in [5.41, 5.74) is 3.32. The zero-order chi connectivity index (χ0) is 22.0. The molecule has 31 heavy (non-hydrogen) atoms. The van der Waals surface area contributed by atoms with Crippen LogP contribution in [0.15, 0.2) is 65.1 Å². The Balaban J connectivity index is 1.44. The predicted molar refractivity (Wildman–Crippen MR) is 122 cm³/mol. The molecule has 158 valence electrons. The number of halogens is 1. The molecule has 1 aliphatic heterocycles. The SMILES string of the molecule is Cc1nc(-c2cccc(Br)c2)ccc1C(=O)N1CCN(C(=O)c2ccccc2O)CC1. The van der Waals surface area contributed by atoms with Crippen LogP contribution in [-0.2, 0) is 0 Å². The molecule has 6 nitrogen and oxygen atoms in total. The van der Waals surface area contributed by atoms with E-state index in [1.165, 1.54) is 6.07 Å². The number of para-hydroxylation sites is 1. The van der Waals surface area contributed by atoms with Gasteiger partial charge in [-0.3, -0.25) is 14.6 Å². The van der Waals surface area contributed by atoms with E-state index in [1.54, 1.807) is 28.0 Å². The van der Waals surface area contributed by atoms with Crippen molar-refractivity contribution in [3.05, 3.63) is 82.0 Å². The van der Waals surface area contributed by atoms with Crippen LogP contribution in [0, 0.1) is 6.92 Å². The minimum Gasteiger partial charge on any atom is -0.507 e. The third-order valence-corrected chi connectivity index (χ3v) is 5.92. The fourth-order valence-electron chi connectivity index (χ4n) is 3.70. The van der Waals surface area contributed by atoms with E-state index in [1.807, 2.05) is 43.3 Å². The second-order valence-electron chi connectivity index (χ2n) is 7.44. The lowest BCUT2D eigenvalue weighted by molar-refractivity contribution is 0.0533. The van der Waals surface area contributed by atoms with Crippen LogP contribution in [0.1, 0.15) is 26.4 Å². The summed E-state index contributed by atoms with van der Waals surface area (Å²) in [4.78, 5) is 33.8. The van der Waals surface area contributed by atoms with E-state index in [2.05, 4.69) is 20.9 Å². The van der Waals surface area contributed by atoms with Gasteiger partial charge in [-0.15, -0.1) is 0 Å². The van der Waals surface area contributed by atoms with Crippen molar-refractivity contribution in [1.82, 2.24) is 14.8 Å². The Bertz CT molecular complexity index is 1140. The van der Waals surface area contributed by atoms with E-state index < -0.39 is 0 Å². The molecule has 0 bridgehead atoms. The predicted octanol–water partition coefficient (Wildman–Crippen LogP) is 4.12. The third-order valence-electron chi connectivity index (χ3n) is 5.43. The molecule has 0 radical (unpaired) electrons. The van der Waals surface area contributed by atoms with Crippen molar-refractivity contribution in [3.8, 4) is 17.0 Å². The summed E-state index contributed by atoms with van der Waals surface area (Å²) < 4.78 is 0.973. The first-order valence-electron chi connectivity index (χ1n) is 10.0. The lowest BCUT2D eigenvalue weighted by atomic mass is 10.1. The van der Waals surface area contributed by atoms with E-state index in [4.69, 9.17) is 0 Å². The number of phenolic OH excluding ortho intramolecular Hbond substituents is 1. The molecule has 1 saturated heterocycles. The molecule has 1 aliphatic rings. The molecule has 4 rings (SSSR count). The second-order valence-corrected chi connectivity index (χ2v) is 8.36. The number of carbonyl (C=O) groups excluding carboxylic acids is 2. The lowest BCUT2D eigenvalue weighted by Crippen LogP contribution is -2.50. The van der Waals surface area contributed by atoms with Gasteiger partial charge in [0.2, 0.25) is 0 Å². The highest BCUT2D eigenvalue weighted by molar-refractivity contribution is 9.10. The highest BCUT2D eigenvalue weighted by Crippen LogP contribution is 2.24. The molecule has 1 fully saturated rings. The fourth-order valence-corrected chi connectivity index (χ4v) is 4.10. The number of aromatic nitrogens is 1. The van der Waals surface area contributed by atoms with Crippen molar-refractivity contribution in [2.45, 2.75) is 6.92 Å². The Morgan fingerprint density at radius 3 is 2.13 bits per heavy atom. The van der Waals surface area contributed by atoms with Crippen molar-refractivity contribution in [1.29, 1.82) is 0 Å². The van der Waals surface area contributed by atoms with Crippen LogP contribution in [0.4, 0.5) is 0 Å². The fraction of sp³-hybridized carbons (Fsp3) is 0.208. The monoisotopic (exact) mass is 479 g/mol. The number of rotatable bonds is 3. The Labute approximate surface area is 189 Å². The molecule has 1 N–H and O–H groups in total. The first-order chi connectivity index (χ1) is 14.9. The number of nitrogens with zero attached hydrogens (tertiary/aromatic N) is 3. The number of piperazine rings is 1. The van der Waals surface area contributed by atoms with Gasteiger partial charge in [0, 0.05) is 36.2 Å². The van der Waals surface area contributed by atoms with E-state index in [9.17, 15) is 14.7 Å². The number of benzene rings is 2. The van der Waals surface area contributed by atoms with Crippen LogP contribution in [0.3, 0.4) is 0 Å². The van der Waals surface area contributed by atoms with Gasteiger partial charge in [-0.25, -0.2) is 0 Å². The molecule has 2 heterocycles. The molecule has 0 saturated carbocycles. The van der Waals surface area contributed by atoms with Crippen molar-refractivity contribution >= 4 is 27.7 Å². The van der Waals surface area contributed by atoms with E-state index in [0.717, 1.165) is 15.7 Å². The number of phenols is 1. The standard InChI is InChI=1S/C24H22BrN3O3/c1-16-19(9-10-21(26-16)17-5-4-6-18(25)15-17)23(30)27-11-13-28(14-12-27)24(31)20-7-2-3-8-22(20)29/h2-10,15,29H,11-14H2,1H3. The highest BCUT2D eigenvalue weighted by Gasteiger charge is 2.27. The first kappa shape index (κ1) is 21.1. The smallest absolute Gasteiger partial charge is 0.257 e. The number of aryl methyl sites for hydroxylation is 1. The van der Waals surface area contributed by atoms with Crippen LogP contribution < -0.4 is 0 Å². The number of carbonyl (C=O) groups is 2. The Kier molecular flexibility index (Phi) is 6.04. The molecule has 2 amide bonds. The molecule has 0 aliphatic carbocycles. The maximum Gasteiger partial charge on any atom is 0.257 e. The second kappa shape index (κ2) is 8.89. The number of aromatic hydroxyl groups is 1. The summed E-state index contributed by atoms with van der Waals surface area (Å²) in [6.07, 6.45) is 0. The number of pyridine rings is 1. The van der Waals surface area contributed by atoms with Crippen LogP contribution in [0.25, 0.3) is 11.3 Å². The average molecular weight is 480 g/mol. The molecule has 0 atom stereocenters. The molecular weight excluding hydrogens is 458 g/mol. The Morgan fingerprint density at radius 1 is 0.871 bits per heavy atom. The van der Waals surface area contributed by atoms with Gasteiger partial charge in [0.25, 0.3) is 11.8 Å². The van der Waals surface area contributed by atoms with Crippen molar-refractivity contribution in [2.75, 3.05) is 26.2 Å². The Morgan fingerprint density at radius 2 is 1.52 bits per heavy atom. The molecule has 3 aromatic rings. The normalized spacial score (nSPS) is 13.9. The van der Waals surface area contributed by atoms with Gasteiger partial charge in [0.1, 0.15) is 5.75 Å². The zero-order valence-corrected chi connectivity index (χ0v) is 18.7. The topological polar surface area (TPSA) is 73.7 Å². The van der Waals surface area contributed by atoms with Gasteiger partial charge in [0.15, 0.2) is 0 Å². The minimum atomic E-state index is -0.221. The number of hydrogen-bond acceptors (Lipinski definition) is 4. The molecule has 0 spiro atoms. The maximum atomic E-state index is 13.1. The molecule has 7 heteroatoms. The van der Waals surface area contributed by atoms with Crippen molar-refractivity contribution in [3.63, 3.8) is 0 Å². The quantitative estimate of drug-likeness (QED) is 0.612. The summed E-state index contributed by atoms with van der Waals surface area (Å²) in [5.74, 6) is -0.333. The van der Waals surface area contributed by atoms with Gasteiger partial charge in [-0.1, -0.05) is 40.2 Å². The van der Waals surface area contributed by atoms with Gasteiger partial charge < -0.3 is 14.9 Å². The van der Waals surface area contributed by atoms with Gasteiger partial charge in [-0.2, -0.15) is 0 Å². The summed E-state index contributed by atoms with van der Waals surface area (Å²) in [6, 6.07) is 18.1. The van der Waals surface area contributed by atoms with E-state index in [0.29, 0.717) is 37.4 Å². The summed E-state index contributed by atoms with van der Waals surface area (Å²) >= 11 is 3.47. The minimum absolute atomic E-state index is 0.0294. The first-order valence-corrected chi connectivity index (χ1v) is 10.8. The van der Waals surface area contributed by atoms with Crippen LogP contribution >= 0.6 is 15.9 Å². The third kappa shape index (κ3) is 4.46. The number of amides is 2. The van der Waals surface area contributed by atoms with Gasteiger partial charge in [-0.05, 0) is 43.3 Å². The molecule has 1 aromatic heterocycles. The van der Waals surface area contributed by atoms with E-state index in [-0.39, 0.29) is 23.1 Å². The van der Waals surface area contributed by atoms with Crippen LogP contribution in [-0.4, -0.2) is 57.9 Å². The highest BCUT2D eigenvalue weighted by atomic mass is 79.9. The molecular formula is C24H22BrN3O3. The van der Waals surface area contributed by atoms with E-state index >= 15 is 0 Å². The van der Waals surface area contributed by atoms with Crippen LogP contribution in [0.5, 0.6) is 5.75 Å². The van der Waals surface area contributed by atoms with Crippen LogP contribution in [0.2, 0.25) is 0 Å². The van der Waals surface area contributed by atoms with Crippen molar-refractivity contribution < 1.29 is 14.7 Å².